The van der Waals surface area contributed by atoms with Crippen LogP contribution in [0.5, 0.6) is 11.5 Å². The highest BCUT2D eigenvalue weighted by Crippen LogP contribution is 2.23. The number of nitrogens with zero attached hydrogens (tertiary/aromatic N) is 1. The lowest BCUT2D eigenvalue weighted by molar-refractivity contribution is 0.0980. The SMILES string of the molecule is CCCC(O)CN(CCC(C)C)Cc1cc(OC)cc(OC)c1. The first-order valence-electron chi connectivity index (χ1n) is 8.60. The molecule has 1 aromatic carbocycles. The van der Waals surface area contributed by atoms with Gasteiger partial charge in [-0.25, -0.2) is 0 Å². The van der Waals surface area contributed by atoms with E-state index in [-0.39, 0.29) is 6.10 Å². The topological polar surface area (TPSA) is 41.9 Å². The van der Waals surface area contributed by atoms with Gasteiger partial charge in [-0.15, -0.1) is 0 Å². The molecule has 1 N–H and O–H groups in total. The van der Waals surface area contributed by atoms with Crippen molar-refractivity contribution < 1.29 is 14.6 Å². The number of methoxy groups -OCH3 is 2. The molecule has 0 saturated carbocycles. The summed E-state index contributed by atoms with van der Waals surface area (Å²) in [5.74, 6) is 2.26. The highest BCUT2D eigenvalue weighted by Gasteiger charge is 2.13. The predicted octanol–water partition coefficient (Wildman–Crippen LogP) is 3.71. The van der Waals surface area contributed by atoms with Crippen molar-refractivity contribution in [1.82, 2.24) is 4.90 Å². The van der Waals surface area contributed by atoms with E-state index in [1.807, 2.05) is 18.2 Å². The fraction of sp³-hybridized carbons (Fsp3) is 0.684. The van der Waals surface area contributed by atoms with Crippen molar-refractivity contribution in [3.8, 4) is 11.5 Å². The van der Waals surface area contributed by atoms with Gasteiger partial charge in [0.2, 0.25) is 0 Å². The van der Waals surface area contributed by atoms with E-state index in [1.165, 1.54) is 0 Å². The lowest BCUT2D eigenvalue weighted by atomic mass is 10.1. The Labute approximate surface area is 141 Å². The van der Waals surface area contributed by atoms with Crippen molar-refractivity contribution in [2.45, 2.75) is 52.7 Å². The zero-order chi connectivity index (χ0) is 17.2. The summed E-state index contributed by atoms with van der Waals surface area (Å²) >= 11 is 0. The van der Waals surface area contributed by atoms with Crippen LogP contribution in [0, 0.1) is 5.92 Å². The largest absolute Gasteiger partial charge is 0.497 e. The molecule has 1 aromatic rings. The van der Waals surface area contributed by atoms with Gasteiger partial charge in [-0.3, -0.25) is 4.90 Å². The number of ether oxygens (including phenoxy) is 2. The van der Waals surface area contributed by atoms with Crippen molar-refractivity contribution in [1.29, 1.82) is 0 Å². The van der Waals surface area contributed by atoms with Crippen molar-refractivity contribution >= 4 is 0 Å². The number of benzene rings is 1. The minimum Gasteiger partial charge on any atom is -0.497 e. The molecule has 1 unspecified atom stereocenters. The molecular formula is C19H33NO3. The Hall–Kier alpha value is -1.26. The number of aliphatic hydroxyl groups excluding tert-OH is 1. The van der Waals surface area contributed by atoms with Crippen molar-refractivity contribution in [2.24, 2.45) is 5.92 Å². The number of hydrogen-bond donors (Lipinski definition) is 1. The summed E-state index contributed by atoms with van der Waals surface area (Å²) in [4.78, 5) is 2.33. The fourth-order valence-corrected chi connectivity index (χ4v) is 2.61. The van der Waals surface area contributed by atoms with Crippen LogP contribution in [0.2, 0.25) is 0 Å². The molecule has 0 saturated heterocycles. The second kappa shape index (κ2) is 10.5. The Morgan fingerprint density at radius 3 is 2.13 bits per heavy atom. The molecule has 0 heterocycles. The highest BCUT2D eigenvalue weighted by molar-refractivity contribution is 5.38. The maximum atomic E-state index is 10.2. The normalized spacial score (nSPS) is 12.7. The van der Waals surface area contributed by atoms with Gasteiger partial charge >= 0.3 is 0 Å². The smallest absolute Gasteiger partial charge is 0.122 e. The van der Waals surface area contributed by atoms with Crippen molar-refractivity contribution in [3.05, 3.63) is 23.8 Å². The van der Waals surface area contributed by atoms with Gasteiger partial charge in [-0.2, -0.15) is 0 Å². The van der Waals surface area contributed by atoms with Crippen molar-refractivity contribution in [3.63, 3.8) is 0 Å². The summed E-state index contributed by atoms with van der Waals surface area (Å²) in [5.41, 5.74) is 1.15. The molecule has 1 atom stereocenters. The van der Waals surface area contributed by atoms with Crippen LogP contribution in [0.1, 0.15) is 45.6 Å². The van der Waals surface area contributed by atoms with Gasteiger partial charge < -0.3 is 14.6 Å². The second-order valence-corrected chi connectivity index (χ2v) is 6.58. The van der Waals surface area contributed by atoms with E-state index in [1.54, 1.807) is 14.2 Å². The Balaban J connectivity index is 2.81. The molecule has 0 aliphatic heterocycles. The Kier molecular flexibility index (Phi) is 9.03. The van der Waals surface area contributed by atoms with Crippen LogP contribution < -0.4 is 9.47 Å². The summed E-state index contributed by atoms with van der Waals surface area (Å²) in [5, 5.41) is 10.2. The Bertz CT molecular complexity index is 426. The third kappa shape index (κ3) is 7.71. The molecule has 1 rings (SSSR count). The van der Waals surface area contributed by atoms with Gasteiger partial charge in [0, 0.05) is 19.2 Å². The van der Waals surface area contributed by atoms with E-state index in [4.69, 9.17) is 9.47 Å². The third-order valence-corrected chi connectivity index (χ3v) is 3.93. The first-order chi connectivity index (χ1) is 11.0. The summed E-state index contributed by atoms with van der Waals surface area (Å²) in [6.07, 6.45) is 2.71. The van der Waals surface area contributed by atoms with E-state index in [9.17, 15) is 5.11 Å². The van der Waals surface area contributed by atoms with Crippen LogP contribution >= 0.6 is 0 Å². The summed E-state index contributed by atoms with van der Waals surface area (Å²) in [7, 11) is 3.33. The molecule has 0 radical (unpaired) electrons. The fourth-order valence-electron chi connectivity index (χ4n) is 2.61. The molecule has 0 bridgehead atoms. The van der Waals surface area contributed by atoms with Gasteiger partial charge in [-0.05, 0) is 43.0 Å². The van der Waals surface area contributed by atoms with Gasteiger partial charge in [0.15, 0.2) is 0 Å². The van der Waals surface area contributed by atoms with Gasteiger partial charge in [0.25, 0.3) is 0 Å². The predicted molar refractivity (Wildman–Crippen MR) is 95.2 cm³/mol. The number of aliphatic hydroxyl groups is 1. The van der Waals surface area contributed by atoms with Gasteiger partial charge in [-0.1, -0.05) is 27.2 Å². The Morgan fingerprint density at radius 1 is 1.04 bits per heavy atom. The summed E-state index contributed by atoms with van der Waals surface area (Å²) in [6.45, 7) is 9.05. The van der Waals surface area contributed by atoms with E-state index in [0.717, 1.165) is 49.4 Å². The average molecular weight is 323 g/mol. The quantitative estimate of drug-likeness (QED) is 0.674. The molecule has 4 heteroatoms. The zero-order valence-corrected chi connectivity index (χ0v) is 15.3. The van der Waals surface area contributed by atoms with E-state index >= 15 is 0 Å². The third-order valence-electron chi connectivity index (χ3n) is 3.93. The van der Waals surface area contributed by atoms with E-state index in [0.29, 0.717) is 12.5 Å². The molecule has 0 fully saturated rings. The lowest BCUT2D eigenvalue weighted by Gasteiger charge is -2.26. The first kappa shape index (κ1) is 19.8. The van der Waals surface area contributed by atoms with Crippen LogP contribution in [-0.2, 0) is 6.54 Å². The van der Waals surface area contributed by atoms with Crippen LogP contribution in [0.3, 0.4) is 0 Å². The minimum atomic E-state index is -0.264. The number of hydrogen-bond acceptors (Lipinski definition) is 4. The average Bonchev–Trinajstić information content (AvgIpc) is 2.52. The highest BCUT2D eigenvalue weighted by atomic mass is 16.5. The molecule has 0 amide bonds. The lowest BCUT2D eigenvalue weighted by Crippen LogP contribution is -2.33. The van der Waals surface area contributed by atoms with Crippen LogP contribution in [0.15, 0.2) is 18.2 Å². The number of rotatable bonds is 11. The summed E-state index contributed by atoms with van der Waals surface area (Å²) < 4.78 is 10.7. The molecule has 132 valence electrons. The minimum absolute atomic E-state index is 0.264. The monoisotopic (exact) mass is 323 g/mol. The summed E-state index contributed by atoms with van der Waals surface area (Å²) in [6, 6.07) is 5.96. The van der Waals surface area contributed by atoms with Gasteiger partial charge in [0.1, 0.15) is 11.5 Å². The standard InChI is InChI=1S/C19H33NO3/c1-6-7-17(21)14-20(9-8-15(2)3)13-16-10-18(22-4)12-19(11-16)23-5/h10-12,15,17,21H,6-9,13-14H2,1-5H3. The molecule has 0 aliphatic carbocycles. The zero-order valence-electron chi connectivity index (χ0n) is 15.3. The molecular weight excluding hydrogens is 290 g/mol. The maximum Gasteiger partial charge on any atom is 0.122 e. The molecule has 0 aliphatic rings. The maximum absolute atomic E-state index is 10.2. The van der Waals surface area contributed by atoms with Crippen LogP contribution in [0.4, 0.5) is 0 Å². The molecule has 23 heavy (non-hydrogen) atoms. The van der Waals surface area contributed by atoms with Gasteiger partial charge in [0.05, 0.1) is 20.3 Å². The van der Waals surface area contributed by atoms with Crippen molar-refractivity contribution in [2.75, 3.05) is 27.3 Å². The van der Waals surface area contributed by atoms with E-state index in [2.05, 4.69) is 25.7 Å². The van der Waals surface area contributed by atoms with Crippen LogP contribution in [-0.4, -0.2) is 43.4 Å². The van der Waals surface area contributed by atoms with Crippen LogP contribution in [0.25, 0.3) is 0 Å². The second-order valence-electron chi connectivity index (χ2n) is 6.58. The molecule has 0 aromatic heterocycles. The Morgan fingerprint density at radius 2 is 1.65 bits per heavy atom. The first-order valence-corrected chi connectivity index (χ1v) is 8.60. The molecule has 4 nitrogen and oxygen atoms in total. The van der Waals surface area contributed by atoms with E-state index < -0.39 is 0 Å². The molecule has 0 spiro atoms.